The van der Waals surface area contributed by atoms with E-state index in [1.165, 1.54) is 4.68 Å². The second-order valence-corrected chi connectivity index (χ2v) is 5.01. The van der Waals surface area contributed by atoms with Crippen LogP contribution in [0.1, 0.15) is 24.7 Å². The van der Waals surface area contributed by atoms with E-state index in [0.717, 1.165) is 30.0 Å². The molecule has 108 valence electrons. The number of anilines is 1. The Bertz CT molecular complexity index is 661. The first-order valence-corrected chi connectivity index (χ1v) is 6.89. The van der Waals surface area contributed by atoms with Gasteiger partial charge in [0.15, 0.2) is 0 Å². The van der Waals surface area contributed by atoms with Gasteiger partial charge < -0.3 is 5.32 Å². The minimum atomic E-state index is -0.166. The summed E-state index contributed by atoms with van der Waals surface area (Å²) in [6.45, 7) is 5.02. The molecule has 20 heavy (non-hydrogen) atoms. The molecule has 0 aliphatic heterocycles. The van der Waals surface area contributed by atoms with Crippen LogP contribution in [-0.4, -0.2) is 26.1 Å². The summed E-state index contributed by atoms with van der Waals surface area (Å²) in [5.41, 5.74) is 2.09. The topological polar surface area (TPSA) is 64.7 Å². The third-order valence-corrected chi connectivity index (χ3v) is 3.50. The van der Waals surface area contributed by atoms with Crippen molar-refractivity contribution in [3.8, 4) is 0 Å². The molecule has 6 nitrogen and oxygen atoms in total. The van der Waals surface area contributed by atoms with Gasteiger partial charge in [0.25, 0.3) is 5.56 Å². The molecule has 2 heterocycles. The third kappa shape index (κ3) is 3.01. The van der Waals surface area contributed by atoms with Crippen molar-refractivity contribution < 1.29 is 0 Å². The molecule has 0 saturated heterocycles. The zero-order valence-electron chi connectivity index (χ0n) is 11.9. The Kier molecular flexibility index (Phi) is 4.44. The summed E-state index contributed by atoms with van der Waals surface area (Å²) in [5.74, 6) is 0. The molecule has 0 amide bonds. The van der Waals surface area contributed by atoms with E-state index in [2.05, 4.69) is 22.4 Å². The molecular formula is C13H18ClN5O. The van der Waals surface area contributed by atoms with Crippen LogP contribution in [0, 0.1) is 6.92 Å². The van der Waals surface area contributed by atoms with Crippen LogP contribution in [0.2, 0.25) is 5.02 Å². The highest BCUT2D eigenvalue weighted by Gasteiger charge is 2.12. The van der Waals surface area contributed by atoms with Crippen molar-refractivity contribution >= 4 is 17.3 Å². The Morgan fingerprint density at radius 1 is 1.45 bits per heavy atom. The maximum atomic E-state index is 12.0. The van der Waals surface area contributed by atoms with Crippen molar-refractivity contribution in [2.24, 2.45) is 7.05 Å². The maximum Gasteiger partial charge on any atom is 0.269 e. The van der Waals surface area contributed by atoms with Gasteiger partial charge in [-0.2, -0.15) is 10.2 Å². The Hall–Kier alpha value is -1.82. The molecule has 0 spiro atoms. The molecule has 0 unspecified atom stereocenters. The van der Waals surface area contributed by atoms with Gasteiger partial charge in [-0.05, 0) is 13.3 Å². The molecule has 7 heteroatoms. The van der Waals surface area contributed by atoms with Gasteiger partial charge in [0.1, 0.15) is 0 Å². The highest BCUT2D eigenvalue weighted by Crippen LogP contribution is 2.19. The quantitative estimate of drug-likeness (QED) is 0.914. The van der Waals surface area contributed by atoms with Gasteiger partial charge in [-0.3, -0.25) is 9.48 Å². The SMILES string of the molecule is CCCNc1cnn(Cc2c(Cl)c(C)nn2C)c(=O)c1. The maximum absolute atomic E-state index is 12.0. The average molecular weight is 296 g/mol. The largest absolute Gasteiger partial charge is 0.384 e. The van der Waals surface area contributed by atoms with Gasteiger partial charge in [-0.25, -0.2) is 4.68 Å². The summed E-state index contributed by atoms with van der Waals surface area (Å²) in [5, 5.41) is 12.1. The standard InChI is InChI=1S/C13H18ClN5O/c1-4-5-15-10-6-12(20)19(16-7-10)8-11-13(14)9(2)17-18(11)3/h6-7,15H,4-5,8H2,1-3H3. The average Bonchev–Trinajstić information content (AvgIpc) is 2.65. The molecule has 2 aromatic rings. The van der Waals surface area contributed by atoms with Crippen LogP contribution >= 0.6 is 11.6 Å². The summed E-state index contributed by atoms with van der Waals surface area (Å²) in [6, 6.07) is 1.54. The lowest BCUT2D eigenvalue weighted by Gasteiger charge is -2.08. The van der Waals surface area contributed by atoms with E-state index >= 15 is 0 Å². The van der Waals surface area contributed by atoms with E-state index < -0.39 is 0 Å². The summed E-state index contributed by atoms with van der Waals surface area (Å²) in [7, 11) is 1.80. The molecule has 2 rings (SSSR count). The molecule has 0 radical (unpaired) electrons. The number of aromatic nitrogens is 4. The monoisotopic (exact) mass is 295 g/mol. The predicted molar refractivity (Wildman–Crippen MR) is 79.3 cm³/mol. The van der Waals surface area contributed by atoms with Crippen LogP contribution in [0.4, 0.5) is 5.69 Å². The zero-order valence-corrected chi connectivity index (χ0v) is 12.6. The van der Waals surface area contributed by atoms with Crippen molar-refractivity contribution in [2.75, 3.05) is 11.9 Å². The van der Waals surface area contributed by atoms with Gasteiger partial charge in [0.2, 0.25) is 0 Å². The number of hydrogen-bond acceptors (Lipinski definition) is 4. The van der Waals surface area contributed by atoms with Crippen molar-refractivity contribution in [3.05, 3.63) is 39.0 Å². The van der Waals surface area contributed by atoms with Crippen molar-refractivity contribution in [3.63, 3.8) is 0 Å². The van der Waals surface area contributed by atoms with Crippen LogP contribution < -0.4 is 10.9 Å². The van der Waals surface area contributed by atoms with Crippen LogP contribution in [-0.2, 0) is 13.6 Å². The van der Waals surface area contributed by atoms with Gasteiger partial charge in [0.05, 0.1) is 34.8 Å². The molecule has 1 N–H and O–H groups in total. The van der Waals surface area contributed by atoms with E-state index in [1.807, 2.05) is 6.92 Å². The van der Waals surface area contributed by atoms with E-state index in [9.17, 15) is 4.79 Å². The molecule has 0 aliphatic carbocycles. The fourth-order valence-electron chi connectivity index (χ4n) is 1.91. The number of nitrogens with one attached hydrogen (secondary N) is 1. The summed E-state index contributed by atoms with van der Waals surface area (Å²) in [4.78, 5) is 12.0. The van der Waals surface area contributed by atoms with E-state index in [4.69, 9.17) is 11.6 Å². The first kappa shape index (κ1) is 14.6. The van der Waals surface area contributed by atoms with Crippen LogP contribution in [0.25, 0.3) is 0 Å². The van der Waals surface area contributed by atoms with Gasteiger partial charge in [-0.1, -0.05) is 18.5 Å². The molecule has 0 aromatic carbocycles. The lowest BCUT2D eigenvalue weighted by Crippen LogP contribution is -2.24. The Morgan fingerprint density at radius 3 is 2.75 bits per heavy atom. The fourth-order valence-corrected chi connectivity index (χ4v) is 2.13. The number of halogens is 1. The molecule has 2 aromatic heterocycles. The number of rotatable bonds is 5. The predicted octanol–water partition coefficient (Wildman–Crippen LogP) is 1.81. The van der Waals surface area contributed by atoms with E-state index in [-0.39, 0.29) is 5.56 Å². The van der Waals surface area contributed by atoms with Crippen LogP contribution in [0.5, 0.6) is 0 Å². The highest BCUT2D eigenvalue weighted by atomic mass is 35.5. The molecular weight excluding hydrogens is 278 g/mol. The summed E-state index contributed by atoms with van der Waals surface area (Å²) < 4.78 is 3.05. The number of aryl methyl sites for hydroxylation is 2. The lowest BCUT2D eigenvalue weighted by atomic mass is 10.3. The van der Waals surface area contributed by atoms with E-state index in [1.54, 1.807) is 24.0 Å². The Morgan fingerprint density at radius 2 is 2.20 bits per heavy atom. The molecule has 0 atom stereocenters. The third-order valence-electron chi connectivity index (χ3n) is 3.01. The molecule has 0 bridgehead atoms. The first-order chi connectivity index (χ1) is 9.52. The second kappa shape index (κ2) is 6.09. The number of hydrogen-bond donors (Lipinski definition) is 1. The molecule has 0 fully saturated rings. The van der Waals surface area contributed by atoms with E-state index in [0.29, 0.717) is 11.6 Å². The Labute approximate surface area is 122 Å². The first-order valence-electron chi connectivity index (χ1n) is 6.52. The molecule has 0 aliphatic rings. The second-order valence-electron chi connectivity index (χ2n) is 4.64. The fraction of sp³-hybridized carbons (Fsp3) is 0.462. The smallest absolute Gasteiger partial charge is 0.269 e. The highest BCUT2D eigenvalue weighted by molar-refractivity contribution is 6.31. The van der Waals surface area contributed by atoms with Gasteiger partial charge >= 0.3 is 0 Å². The van der Waals surface area contributed by atoms with Gasteiger partial charge in [-0.15, -0.1) is 0 Å². The van der Waals surface area contributed by atoms with Crippen molar-refractivity contribution in [2.45, 2.75) is 26.8 Å². The Balaban J connectivity index is 2.24. The lowest BCUT2D eigenvalue weighted by molar-refractivity contribution is 0.591. The zero-order chi connectivity index (χ0) is 14.7. The van der Waals surface area contributed by atoms with Crippen molar-refractivity contribution in [1.29, 1.82) is 0 Å². The summed E-state index contributed by atoms with van der Waals surface area (Å²) in [6.07, 6.45) is 2.64. The minimum Gasteiger partial charge on any atom is -0.384 e. The number of nitrogens with zero attached hydrogens (tertiary/aromatic N) is 4. The summed E-state index contributed by atoms with van der Waals surface area (Å²) >= 11 is 6.18. The van der Waals surface area contributed by atoms with Gasteiger partial charge in [0, 0.05) is 19.7 Å². The van der Waals surface area contributed by atoms with Crippen molar-refractivity contribution in [1.82, 2.24) is 19.6 Å². The molecule has 0 saturated carbocycles. The van der Waals surface area contributed by atoms with Crippen LogP contribution in [0.15, 0.2) is 17.1 Å². The minimum absolute atomic E-state index is 0.166. The van der Waals surface area contributed by atoms with Crippen LogP contribution in [0.3, 0.4) is 0 Å². The normalized spacial score (nSPS) is 10.8.